The molecule has 5 fully saturated rings. The van der Waals surface area contributed by atoms with Crippen molar-refractivity contribution in [1.29, 1.82) is 0 Å². The first-order valence-electron chi connectivity index (χ1n) is 13.0. The van der Waals surface area contributed by atoms with Crippen molar-refractivity contribution in [1.82, 2.24) is 0 Å². The number of allylic oxidation sites excluding steroid dienone is 1. The molecule has 4 aliphatic carbocycles. The van der Waals surface area contributed by atoms with Gasteiger partial charge in [0.15, 0.2) is 5.79 Å². The predicted octanol–water partition coefficient (Wildman–Crippen LogP) is 4.52. The van der Waals surface area contributed by atoms with Crippen LogP contribution in [0.5, 0.6) is 0 Å². The van der Waals surface area contributed by atoms with Gasteiger partial charge in [0.1, 0.15) is 0 Å². The molecule has 1 aliphatic heterocycles. The largest absolute Gasteiger partial charge is 0.390 e. The molecule has 0 bridgehead atoms. The molecular weight excluding hydrogens is 388 g/mol. The van der Waals surface area contributed by atoms with Crippen LogP contribution in [0, 0.1) is 52.3 Å². The quantitative estimate of drug-likeness (QED) is 0.561. The molecule has 1 saturated heterocycles. The summed E-state index contributed by atoms with van der Waals surface area (Å²) in [5.74, 6) is 2.30. The van der Waals surface area contributed by atoms with E-state index >= 15 is 0 Å². The monoisotopic (exact) mass is 432 g/mol. The van der Waals surface area contributed by atoms with Gasteiger partial charge in [-0.3, -0.25) is 0 Å². The van der Waals surface area contributed by atoms with Crippen molar-refractivity contribution < 1.29 is 20.1 Å². The SMILES string of the molecule is CC(C)/C=C/C1(O)O[C@H]2CC3C4CCC5C[C@@H](O)[C@H](O)C[C@]5(C)C4CC[C@]3(C)C2C1C. The third kappa shape index (κ3) is 3.15. The minimum absolute atomic E-state index is 0.109. The smallest absolute Gasteiger partial charge is 0.188 e. The third-order valence-electron chi connectivity index (χ3n) is 11.0. The van der Waals surface area contributed by atoms with Gasteiger partial charge in [0.2, 0.25) is 0 Å². The van der Waals surface area contributed by atoms with Crippen LogP contribution < -0.4 is 0 Å². The Kier molecular flexibility index (Phi) is 5.26. The zero-order valence-electron chi connectivity index (χ0n) is 20.1. The van der Waals surface area contributed by atoms with E-state index < -0.39 is 18.0 Å². The fourth-order valence-corrected chi connectivity index (χ4v) is 9.45. The van der Waals surface area contributed by atoms with E-state index in [1.807, 2.05) is 6.08 Å². The Hall–Kier alpha value is -0.420. The van der Waals surface area contributed by atoms with Gasteiger partial charge in [0.05, 0.1) is 18.3 Å². The van der Waals surface area contributed by atoms with Crippen LogP contribution in [0.4, 0.5) is 0 Å². The molecule has 12 atom stereocenters. The molecule has 0 aromatic rings. The molecular formula is C27H44O4. The molecule has 1 heterocycles. The van der Waals surface area contributed by atoms with Crippen molar-refractivity contribution in [2.75, 3.05) is 0 Å². The second kappa shape index (κ2) is 7.29. The standard InChI is InChI=1S/C27H44O4/c1-15(2)8-11-27(30)16(3)24-23(31-27)13-20-18-7-6-17-12-21(28)22(29)14-26(17,5)19(18)9-10-25(20,24)4/h8,11,15-24,28-30H,6-7,9-10,12-14H2,1-5H3/b11-8+/t16?,17?,18?,19?,20?,21-,22-,23+,24?,25+,26+,27?/m1/s1. The Labute approximate surface area is 188 Å². The minimum Gasteiger partial charge on any atom is -0.390 e. The third-order valence-corrected chi connectivity index (χ3v) is 11.0. The number of aliphatic hydroxyl groups excluding tert-OH is 2. The lowest BCUT2D eigenvalue weighted by molar-refractivity contribution is -0.187. The molecule has 31 heavy (non-hydrogen) atoms. The molecule has 0 amide bonds. The summed E-state index contributed by atoms with van der Waals surface area (Å²) in [6.07, 6.45) is 10.5. The maximum atomic E-state index is 11.3. The molecule has 5 aliphatic rings. The van der Waals surface area contributed by atoms with Gasteiger partial charge in [0.25, 0.3) is 0 Å². The first kappa shape index (κ1) is 22.4. The first-order valence-corrected chi connectivity index (χ1v) is 13.0. The number of fused-ring (bicyclic) bond motifs is 7. The molecule has 0 aromatic heterocycles. The highest BCUT2D eigenvalue weighted by molar-refractivity contribution is 5.17. The Morgan fingerprint density at radius 2 is 1.71 bits per heavy atom. The maximum Gasteiger partial charge on any atom is 0.188 e. The summed E-state index contributed by atoms with van der Waals surface area (Å²) in [4.78, 5) is 0. The lowest BCUT2D eigenvalue weighted by Crippen LogP contribution is -2.57. The zero-order valence-corrected chi connectivity index (χ0v) is 20.1. The lowest BCUT2D eigenvalue weighted by Gasteiger charge is -2.61. The number of hydrogen-bond donors (Lipinski definition) is 3. The van der Waals surface area contributed by atoms with Crippen molar-refractivity contribution in [2.45, 2.75) is 104 Å². The molecule has 7 unspecified atom stereocenters. The highest BCUT2D eigenvalue weighted by Crippen LogP contribution is 2.70. The number of hydrogen-bond acceptors (Lipinski definition) is 4. The molecule has 4 nitrogen and oxygen atoms in total. The van der Waals surface area contributed by atoms with Gasteiger partial charge in [-0.05, 0) is 97.4 Å². The summed E-state index contributed by atoms with van der Waals surface area (Å²) in [6, 6.07) is 0. The van der Waals surface area contributed by atoms with E-state index in [1.165, 1.54) is 25.7 Å². The molecule has 5 rings (SSSR count). The fourth-order valence-electron chi connectivity index (χ4n) is 9.45. The van der Waals surface area contributed by atoms with Crippen LogP contribution in [-0.4, -0.2) is 39.4 Å². The summed E-state index contributed by atoms with van der Waals surface area (Å²) >= 11 is 0. The van der Waals surface area contributed by atoms with Crippen LogP contribution in [0.25, 0.3) is 0 Å². The second-order valence-corrected chi connectivity index (χ2v) is 12.8. The molecule has 176 valence electrons. The molecule has 4 saturated carbocycles. The van der Waals surface area contributed by atoms with Gasteiger partial charge in [-0.1, -0.05) is 40.7 Å². The number of aliphatic hydroxyl groups is 3. The van der Waals surface area contributed by atoms with Gasteiger partial charge in [0, 0.05) is 5.92 Å². The maximum absolute atomic E-state index is 11.3. The highest BCUT2D eigenvalue weighted by atomic mass is 16.6. The Morgan fingerprint density at radius 1 is 0.968 bits per heavy atom. The highest BCUT2D eigenvalue weighted by Gasteiger charge is 2.68. The van der Waals surface area contributed by atoms with Crippen molar-refractivity contribution in [3.05, 3.63) is 12.2 Å². The summed E-state index contributed by atoms with van der Waals surface area (Å²) in [7, 11) is 0. The number of rotatable bonds is 2. The van der Waals surface area contributed by atoms with Crippen LogP contribution in [-0.2, 0) is 4.74 Å². The minimum atomic E-state index is -1.13. The van der Waals surface area contributed by atoms with E-state index in [0.717, 1.165) is 19.3 Å². The molecule has 0 spiro atoms. The van der Waals surface area contributed by atoms with E-state index in [-0.39, 0.29) is 22.9 Å². The summed E-state index contributed by atoms with van der Waals surface area (Å²) in [6.45, 7) is 11.4. The van der Waals surface area contributed by atoms with Crippen molar-refractivity contribution >= 4 is 0 Å². The predicted molar refractivity (Wildman–Crippen MR) is 121 cm³/mol. The van der Waals surface area contributed by atoms with E-state index in [1.54, 1.807) is 0 Å². The summed E-state index contributed by atoms with van der Waals surface area (Å²) in [5, 5.41) is 32.1. The zero-order chi connectivity index (χ0) is 22.3. The second-order valence-electron chi connectivity index (χ2n) is 12.8. The Balaban J connectivity index is 1.40. The van der Waals surface area contributed by atoms with Crippen LogP contribution in [0.3, 0.4) is 0 Å². The average molecular weight is 433 g/mol. The normalized spacial score (nSPS) is 58.8. The molecule has 0 radical (unpaired) electrons. The van der Waals surface area contributed by atoms with Crippen LogP contribution in [0.1, 0.15) is 79.6 Å². The fraction of sp³-hybridized carbons (Fsp3) is 0.926. The first-order chi connectivity index (χ1) is 14.5. The van der Waals surface area contributed by atoms with Gasteiger partial charge in [-0.15, -0.1) is 0 Å². The van der Waals surface area contributed by atoms with Gasteiger partial charge in [-0.2, -0.15) is 0 Å². The number of ether oxygens (including phenoxy) is 1. The summed E-state index contributed by atoms with van der Waals surface area (Å²) in [5.41, 5.74) is 0.366. The van der Waals surface area contributed by atoms with E-state index in [9.17, 15) is 15.3 Å². The van der Waals surface area contributed by atoms with Crippen LogP contribution >= 0.6 is 0 Å². The lowest BCUT2D eigenvalue weighted by atomic mass is 9.44. The molecule has 3 N–H and O–H groups in total. The van der Waals surface area contributed by atoms with E-state index in [2.05, 4.69) is 40.7 Å². The Bertz CT molecular complexity index is 735. The van der Waals surface area contributed by atoms with E-state index in [4.69, 9.17) is 4.74 Å². The Morgan fingerprint density at radius 3 is 2.42 bits per heavy atom. The van der Waals surface area contributed by atoms with Gasteiger partial charge < -0.3 is 20.1 Å². The molecule has 0 aromatic carbocycles. The van der Waals surface area contributed by atoms with Gasteiger partial charge in [-0.25, -0.2) is 0 Å². The average Bonchev–Trinajstić information content (AvgIpc) is 3.12. The van der Waals surface area contributed by atoms with Crippen molar-refractivity contribution in [3.63, 3.8) is 0 Å². The molecule has 4 heteroatoms. The van der Waals surface area contributed by atoms with Crippen LogP contribution in [0.2, 0.25) is 0 Å². The van der Waals surface area contributed by atoms with Crippen molar-refractivity contribution in [2.24, 2.45) is 52.3 Å². The van der Waals surface area contributed by atoms with Crippen LogP contribution in [0.15, 0.2) is 12.2 Å². The van der Waals surface area contributed by atoms with Crippen molar-refractivity contribution in [3.8, 4) is 0 Å². The van der Waals surface area contributed by atoms with Gasteiger partial charge >= 0.3 is 0 Å². The van der Waals surface area contributed by atoms with E-state index in [0.29, 0.717) is 35.5 Å². The topological polar surface area (TPSA) is 69.9 Å². The summed E-state index contributed by atoms with van der Waals surface area (Å²) < 4.78 is 6.43.